The van der Waals surface area contributed by atoms with Gasteiger partial charge in [-0.1, -0.05) is 7.43 Å². The first-order chi connectivity index (χ1) is 3.68. The number of hydrogen-bond donors (Lipinski definition) is 2. The van der Waals surface area contributed by atoms with E-state index in [9.17, 15) is 9.59 Å². The Balaban J connectivity index is 0. The standard InChI is InChI=1S/C4H6O3S.CH4/c5-3(1-2-8)4(6)7;/h8H,1-2H2,(H,6,7);1H4. The molecule has 0 saturated heterocycles. The first-order valence-electron chi connectivity index (χ1n) is 2.05. The van der Waals surface area contributed by atoms with E-state index >= 15 is 0 Å². The Bertz CT molecular complexity index is 111. The fourth-order valence-corrected chi connectivity index (χ4v) is 0.412. The largest absolute Gasteiger partial charge is 0.476 e. The molecule has 4 heteroatoms. The number of carboxylic acid groups (broad SMARTS) is 1. The summed E-state index contributed by atoms with van der Waals surface area (Å²) in [7, 11) is 0. The van der Waals surface area contributed by atoms with Crippen molar-refractivity contribution in [3.63, 3.8) is 0 Å². The highest BCUT2D eigenvalue weighted by Crippen LogP contribution is 1.84. The molecule has 0 aromatic rings. The molecule has 0 aliphatic carbocycles. The number of carbonyl (C=O) groups is 2. The van der Waals surface area contributed by atoms with E-state index < -0.39 is 11.8 Å². The molecule has 0 bridgehead atoms. The van der Waals surface area contributed by atoms with Crippen molar-refractivity contribution < 1.29 is 14.7 Å². The number of ketones is 1. The predicted molar refractivity (Wildman–Crippen MR) is 37.8 cm³/mol. The molecular weight excluding hydrogens is 140 g/mol. The van der Waals surface area contributed by atoms with Gasteiger partial charge in [-0.15, -0.1) is 0 Å². The van der Waals surface area contributed by atoms with E-state index in [1.807, 2.05) is 0 Å². The fraction of sp³-hybridized carbons (Fsp3) is 0.600. The van der Waals surface area contributed by atoms with Gasteiger partial charge < -0.3 is 5.11 Å². The molecule has 0 amide bonds. The third kappa shape index (κ3) is 5.36. The highest BCUT2D eigenvalue weighted by molar-refractivity contribution is 7.80. The van der Waals surface area contributed by atoms with Gasteiger partial charge in [0.1, 0.15) is 0 Å². The Hall–Kier alpha value is -0.510. The molecule has 0 aromatic heterocycles. The van der Waals surface area contributed by atoms with Gasteiger partial charge in [0.25, 0.3) is 0 Å². The lowest BCUT2D eigenvalue weighted by atomic mass is 10.3. The summed E-state index contributed by atoms with van der Waals surface area (Å²) in [4.78, 5) is 19.8. The molecule has 1 N–H and O–H groups in total. The first kappa shape index (κ1) is 11.3. The van der Waals surface area contributed by atoms with Crippen molar-refractivity contribution in [1.82, 2.24) is 0 Å². The average molecular weight is 150 g/mol. The van der Waals surface area contributed by atoms with Crippen molar-refractivity contribution in [3.05, 3.63) is 0 Å². The van der Waals surface area contributed by atoms with Crippen molar-refractivity contribution in [1.29, 1.82) is 0 Å². The second-order valence-corrected chi connectivity index (χ2v) is 1.65. The molecule has 0 atom stereocenters. The number of carboxylic acids is 1. The molecule has 0 fully saturated rings. The van der Waals surface area contributed by atoms with Crippen molar-refractivity contribution in [3.8, 4) is 0 Å². The zero-order valence-electron chi connectivity index (χ0n) is 4.13. The van der Waals surface area contributed by atoms with E-state index in [2.05, 4.69) is 12.6 Å². The van der Waals surface area contributed by atoms with E-state index in [-0.39, 0.29) is 13.8 Å². The molecule has 0 radical (unpaired) electrons. The van der Waals surface area contributed by atoms with Crippen LogP contribution in [0.1, 0.15) is 13.8 Å². The maximum absolute atomic E-state index is 10.1. The molecule has 0 aliphatic heterocycles. The summed E-state index contributed by atoms with van der Waals surface area (Å²) in [6, 6.07) is 0. The predicted octanol–water partition coefficient (Wildman–Crippen LogP) is 0.596. The summed E-state index contributed by atoms with van der Waals surface area (Å²) >= 11 is 3.67. The maximum Gasteiger partial charge on any atom is 0.372 e. The van der Waals surface area contributed by atoms with Gasteiger partial charge >= 0.3 is 5.97 Å². The van der Waals surface area contributed by atoms with Crippen LogP contribution in [-0.4, -0.2) is 22.6 Å². The normalized spacial score (nSPS) is 7.67. The molecule has 3 nitrogen and oxygen atoms in total. The van der Waals surface area contributed by atoms with Crippen molar-refractivity contribution in [2.45, 2.75) is 13.8 Å². The minimum absolute atomic E-state index is 0. The van der Waals surface area contributed by atoms with Crippen LogP contribution in [0.4, 0.5) is 0 Å². The Kier molecular flexibility index (Phi) is 7.07. The highest BCUT2D eigenvalue weighted by Gasteiger charge is 2.07. The van der Waals surface area contributed by atoms with E-state index in [0.29, 0.717) is 5.75 Å². The zero-order chi connectivity index (χ0) is 6.57. The Morgan fingerprint density at radius 2 is 1.89 bits per heavy atom. The Morgan fingerprint density at radius 1 is 1.44 bits per heavy atom. The summed E-state index contributed by atoms with van der Waals surface area (Å²) in [5.74, 6) is -1.86. The van der Waals surface area contributed by atoms with Crippen LogP contribution in [0.3, 0.4) is 0 Å². The lowest BCUT2D eigenvalue weighted by molar-refractivity contribution is -0.148. The fourth-order valence-electron chi connectivity index (χ4n) is 0.208. The van der Waals surface area contributed by atoms with Crippen molar-refractivity contribution in [2.24, 2.45) is 0 Å². The molecule has 0 aliphatic rings. The number of Topliss-reactive ketones (excluding diaryl/α,β-unsaturated/α-hetero) is 1. The molecule has 0 saturated carbocycles. The summed E-state index contributed by atoms with van der Waals surface area (Å²) < 4.78 is 0. The van der Waals surface area contributed by atoms with E-state index in [1.165, 1.54) is 0 Å². The van der Waals surface area contributed by atoms with Gasteiger partial charge in [-0.3, -0.25) is 4.79 Å². The van der Waals surface area contributed by atoms with Crippen LogP contribution in [0.15, 0.2) is 0 Å². The van der Waals surface area contributed by atoms with Crippen LogP contribution in [-0.2, 0) is 9.59 Å². The quantitative estimate of drug-likeness (QED) is 0.457. The van der Waals surface area contributed by atoms with Crippen molar-refractivity contribution >= 4 is 24.4 Å². The van der Waals surface area contributed by atoms with Gasteiger partial charge in [-0.2, -0.15) is 12.6 Å². The lowest BCUT2D eigenvalue weighted by Gasteiger charge is -1.85. The van der Waals surface area contributed by atoms with Gasteiger partial charge in [0, 0.05) is 6.42 Å². The van der Waals surface area contributed by atoms with Crippen LogP contribution in [0.25, 0.3) is 0 Å². The van der Waals surface area contributed by atoms with Crippen LogP contribution in [0.5, 0.6) is 0 Å². The minimum atomic E-state index is -1.38. The number of hydrogen-bond acceptors (Lipinski definition) is 3. The molecular formula is C5H10O3S. The number of thiol groups is 1. The average Bonchev–Trinajstić information content (AvgIpc) is 1.67. The monoisotopic (exact) mass is 150 g/mol. The van der Waals surface area contributed by atoms with Crippen LogP contribution < -0.4 is 0 Å². The highest BCUT2D eigenvalue weighted by atomic mass is 32.1. The van der Waals surface area contributed by atoms with Crippen LogP contribution in [0.2, 0.25) is 0 Å². The molecule has 0 unspecified atom stereocenters. The van der Waals surface area contributed by atoms with Gasteiger partial charge in [0.05, 0.1) is 0 Å². The smallest absolute Gasteiger partial charge is 0.372 e. The molecule has 54 valence electrons. The second kappa shape index (κ2) is 5.62. The number of carbonyl (C=O) groups excluding carboxylic acids is 1. The van der Waals surface area contributed by atoms with E-state index in [1.54, 1.807) is 0 Å². The van der Waals surface area contributed by atoms with Gasteiger partial charge in [-0.25, -0.2) is 4.79 Å². The lowest BCUT2D eigenvalue weighted by Crippen LogP contribution is -2.12. The topological polar surface area (TPSA) is 54.4 Å². The van der Waals surface area contributed by atoms with Crippen molar-refractivity contribution in [2.75, 3.05) is 5.75 Å². The van der Waals surface area contributed by atoms with Crippen LogP contribution in [0, 0.1) is 0 Å². The number of aliphatic carboxylic acids is 1. The second-order valence-electron chi connectivity index (χ2n) is 1.20. The Morgan fingerprint density at radius 3 is 2.00 bits per heavy atom. The molecule has 9 heavy (non-hydrogen) atoms. The van der Waals surface area contributed by atoms with Gasteiger partial charge in [-0.05, 0) is 5.75 Å². The third-order valence-corrected chi connectivity index (χ3v) is 0.801. The Labute approximate surface area is 59.5 Å². The minimum Gasteiger partial charge on any atom is -0.476 e. The molecule has 0 aromatic carbocycles. The first-order valence-corrected chi connectivity index (χ1v) is 2.68. The maximum atomic E-state index is 10.1. The SMILES string of the molecule is C.O=C(O)C(=O)CCS. The van der Waals surface area contributed by atoms with E-state index in [4.69, 9.17) is 5.11 Å². The van der Waals surface area contributed by atoms with Gasteiger partial charge in [0.15, 0.2) is 0 Å². The summed E-state index contributed by atoms with van der Waals surface area (Å²) in [5.41, 5.74) is 0. The zero-order valence-corrected chi connectivity index (χ0v) is 5.02. The third-order valence-electron chi connectivity index (χ3n) is 0.577. The number of rotatable bonds is 3. The summed E-state index contributed by atoms with van der Waals surface area (Å²) in [5, 5.41) is 7.93. The van der Waals surface area contributed by atoms with Gasteiger partial charge in [0.2, 0.25) is 5.78 Å². The molecule has 0 heterocycles. The summed E-state index contributed by atoms with van der Waals surface area (Å²) in [6.45, 7) is 0. The summed E-state index contributed by atoms with van der Waals surface area (Å²) in [6.07, 6.45) is 0.0123. The molecule has 0 rings (SSSR count). The van der Waals surface area contributed by atoms with Crippen LogP contribution >= 0.6 is 12.6 Å². The molecule has 0 spiro atoms. The van der Waals surface area contributed by atoms with E-state index in [0.717, 1.165) is 0 Å².